The predicted molar refractivity (Wildman–Crippen MR) is 78.4 cm³/mol. The minimum atomic E-state index is -0.133. The molecule has 0 aromatic heterocycles. The van der Waals surface area contributed by atoms with Gasteiger partial charge in [-0.1, -0.05) is 17.7 Å². The Morgan fingerprint density at radius 1 is 1.21 bits per heavy atom. The average molecular weight is 285 g/mol. The van der Waals surface area contributed by atoms with Crippen molar-refractivity contribution in [1.82, 2.24) is 9.80 Å². The molecule has 1 aromatic rings. The van der Waals surface area contributed by atoms with Crippen molar-refractivity contribution in [2.24, 2.45) is 0 Å². The van der Waals surface area contributed by atoms with Crippen LogP contribution < -0.4 is 0 Å². The summed E-state index contributed by atoms with van der Waals surface area (Å²) in [5.41, 5.74) is 1.36. The van der Waals surface area contributed by atoms with Crippen LogP contribution in [0.4, 0.5) is 4.39 Å². The highest BCUT2D eigenvalue weighted by atomic mass is 35.5. The summed E-state index contributed by atoms with van der Waals surface area (Å²) in [6.45, 7) is 7.29. The fraction of sp³-hybridized carbons (Fsp3) is 0.600. The number of nitrogens with zero attached hydrogens (tertiary/aromatic N) is 2. The Morgan fingerprint density at radius 2 is 1.89 bits per heavy atom. The molecule has 0 atom stereocenters. The van der Waals surface area contributed by atoms with Gasteiger partial charge in [0, 0.05) is 36.8 Å². The zero-order valence-electron chi connectivity index (χ0n) is 11.8. The van der Waals surface area contributed by atoms with Crippen molar-refractivity contribution in [1.29, 1.82) is 0 Å². The zero-order chi connectivity index (χ0) is 13.8. The minimum Gasteiger partial charge on any atom is -0.304 e. The molecule has 2 nitrogen and oxygen atoms in total. The molecule has 1 aliphatic heterocycles. The van der Waals surface area contributed by atoms with Gasteiger partial charge in [0.05, 0.1) is 0 Å². The van der Waals surface area contributed by atoms with Gasteiger partial charge < -0.3 is 9.80 Å². The van der Waals surface area contributed by atoms with E-state index in [0.717, 1.165) is 45.6 Å². The molecule has 0 N–H and O–H groups in total. The first-order chi connectivity index (χ1) is 9.08. The molecule has 1 fully saturated rings. The molecule has 0 unspecified atom stereocenters. The Bertz CT molecular complexity index is 428. The summed E-state index contributed by atoms with van der Waals surface area (Å²) in [7, 11) is 2.15. The maximum absolute atomic E-state index is 14.0. The van der Waals surface area contributed by atoms with Crippen LogP contribution in [0.15, 0.2) is 12.1 Å². The molecule has 1 aliphatic rings. The molecular formula is C15H22ClFN2. The molecular weight excluding hydrogens is 263 g/mol. The Kier molecular flexibility index (Phi) is 5.20. The molecule has 1 aromatic carbocycles. The molecule has 0 amide bonds. The van der Waals surface area contributed by atoms with Gasteiger partial charge in [0.2, 0.25) is 0 Å². The summed E-state index contributed by atoms with van der Waals surface area (Å²) in [4.78, 5) is 4.79. The number of piperazine rings is 1. The highest BCUT2D eigenvalue weighted by Gasteiger charge is 2.14. The Morgan fingerprint density at radius 3 is 2.58 bits per heavy atom. The van der Waals surface area contributed by atoms with Gasteiger partial charge in [-0.05, 0) is 45.0 Å². The summed E-state index contributed by atoms with van der Waals surface area (Å²) in [5.74, 6) is -0.133. The topological polar surface area (TPSA) is 6.48 Å². The van der Waals surface area contributed by atoms with Gasteiger partial charge in [-0.2, -0.15) is 0 Å². The number of benzene rings is 1. The Hall–Kier alpha value is -0.640. The molecule has 4 heteroatoms. The van der Waals surface area contributed by atoms with Crippen LogP contribution in [0.1, 0.15) is 17.5 Å². The Labute approximate surface area is 120 Å². The lowest BCUT2D eigenvalue weighted by molar-refractivity contribution is 0.153. The number of hydrogen-bond donors (Lipinski definition) is 0. The van der Waals surface area contributed by atoms with Crippen LogP contribution in [0.25, 0.3) is 0 Å². The van der Waals surface area contributed by atoms with E-state index in [1.807, 2.05) is 0 Å². The van der Waals surface area contributed by atoms with E-state index >= 15 is 0 Å². The maximum Gasteiger partial charge on any atom is 0.130 e. The quantitative estimate of drug-likeness (QED) is 0.839. The van der Waals surface area contributed by atoms with E-state index in [2.05, 4.69) is 16.8 Å². The number of likely N-dealkylation sites (N-methyl/N-ethyl adjacent to an activating group) is 1. The lowest BCUT2D eigenvalue weighted by Gasteiger charge is -2.32. The lowest BCUT2D eigenvalue weighted by Crippen LogP contribution is -2.44. The van der Waals surface area contributed by atoms with Crippen molar-refractivity contribution >= 4 is 11.6 Å². The molecule has 19 heavy (non-hydrogen) atoms. The summed E-state index contributed by atoms with van der Waals surface area (Å²) in [5, 5.41) is 0.557. The third kappa shape index (κ3) is 3.91. The molecule has 0 saturated carbocycles. The SMILES string of the molecule is Cc1ccc(Cl)c(CCCN2CCN(C)CC2)c1F. The van der Waals surface area contributed by atoms with E-state index in [0.29, 0.717) is 16.1 Å². The van der Waals surface area contributed by atoms with Crippen LogP contribution in [0, 0.1) is 12.7 Å². The van der Waals surface area contributed by atoms with E-state index < -0.39 is 0 Å². The first-order valence-electron chi connectivity index (χ1n) is 6.92. The van der Waals surface area contributed by atoms with Gasteiger partial charge >= 0.3 is 0 Å². The highest BCUT2D eigenvalue weighted by Crippen LogP contribution is 2.23. The smallest absolute Gasteiger partial charge is 0.130 e. The van der Waals surface area contributed by atoms with Gasteiger partial charge in [0.15, 0.2) is 0 Å². The second-order valence-corrected chi connectivity index (χ2v) is 5.81. The van der Waals surface area contributed by atoms with Crippen LogP contribution in [-0.4, -0.2) is 49.6 Å². The monoisotopic (exact) mass is 284 g/mol. The average Bonchev–Trinajstić information content (AvgIpc) is 2.40. The van der Waals surface area contributed by atoms with E-state index in [1.54, 1.807) is 19.1 Å². The number of hydrogen-bond acceptors (Lipinski definition) is 2. The normalized spacial score (nSPS) is 17.9. The second kappa shape index (κ2) is 6.69. The summed E-state index contributed by atoms with van der Waals surface area (Å²) in [6, 6.07) is 3.53. The number of halogens is 2. The first-order valence-corrected chi connectivity index (χ1v) is 7.30. The highest BCUT2D eigenvalue weighted by molar-refractivity contribution is 6.31. The van der Waals surface area contributed by atoms with E-state index in [9.17, 15) is 4.39 Å². The molecule has 0 aliphatic carbocycles. The standard InChI is InChI=1S/C15H22ClFN2/c1-12-5-6-14(16)13(15(12)17)4-3-7-19-10-8-18(2)9-11-19/h5-6H,3-4,7-11H2,1-2H3. The van der Waals surface area contributed by atoms with Gasteiger partial charge in [-0.15, -0.1) is 0 Å². The largest absolute Gasteiger partial charge is 0.304 e. The van der Waals surface area contributed by atoms with E-state index in [1.165, 1.54) is 0 Å². The van der Waals surface area contributed by atoms with Gasteiger partial charge in [0.25, 0.3) is 0 Å². The third-order valence-electron chi connectivity index (χ3n) is 3.88. The third-order valence-corrected chi connectivity index (χ3v) is 4.23. The summed E-state index contributed by atoms with van der Waals surface area (Å²) >= 11 is 6.08. The summed E-state index contributed by atoms with van der Waals surface area (Å²) in [6.07, 6.45) is 1.68. The van der Waals surface area contributed by atoms with Crippen molar-refractivity contribution in [3.05, 3.63) is 34.1 Å². The zero-order valence-corrected chi connectivity index (χ0v) is 12.5. The fourth-order valence-electron chi connectivity index (χ4n) is 2.49. The molecule has 0 spiro atoms. The second-order valence-electron chi connectivity index (χ2n) is 5.41. The van der Waals surface area contributed by atoms with Crippen molar-refractivity contribution in [3.8, 4) is 0 Å². The van der Waals surface area contributed by atoms with Crippen LogP contribution >= 0.6 is 11.6 Å². The molecule has 106 valence electrons. The fourth-order valence-corrected chi connectivity index (χ4v) is 2.74. The van der Waals surface area contributed by atoms with Crippen molar-refractivity contribution < 1.29 is 4.39 Å². The summed E-state index contributed by atoms with van der Waals surface area (Å²) < 4.78 is 14.0. The van der Waals surface area contributed by atoms with Crippen molar-refractivity contribution in [2.45, 2.75) is 19.8 Å². The van der Waals surface area contributed by atoms with Crippen LogP contribution in [0.2, 0.25) is 5.02 Å². The molecule has 0 radical (unpaired) electrons. The maximum atomic E-state index is 14.0. The van der Waals surface area contributed by atoms with Crippen LogP contribution in [0.5, 0.6) is 0 Å². The minimum absolute atomic E-state index is 0.133. The van der Waals surface area contributed by atoms with E-state index in [4.69, 9.17) is 11.6 Å². The molecule has 2 rings (SSSR count). The van der Waals surface area contributed by atoms with Crippen molar-refractivity contribution in [3.63, 3.8) is 0 Å². The van der Waals surface area contributed by atoms with Gasteiger partial charge in [-0.25, -0.2) is 4.39 Å². The molecule has 0 bridgehead atoms. The number of aryl methyl sites for hydroxylation is 1. The molecule has 1 saturated heterocycles. The van der Waals surface area contributed by atoms with Crippen LogP contribution in [0.3, 0.4) is 0 Å². The Balaban J connectivity index is 1.84. The predicted octanol–water partition coefficient (Wildman–Crippen LogP) is 2.97. The van der Waals surface area contributed by atoms with Gasteiger partial charge in [-0.3, -0.25) is 0 Å². The molecule has 1 heterocycles. The van der Waals surface area contributed by atoms with Crippen LogP contribution in [-0.2, 0) is 6.42 Å². The number of rotatable bonds is 4. The lowest BCUT2D eigenvalue weighted by atomic mass is 10.1. The first kappa shape index (κ1) is 14.8. The van der Waals surface area contributed by atoms with Crippen molar-refractivity contribution in [2.75, 3.05) is 39.8 Å². The van der Waals surface area contributed by atoms with E-state index in [-0.39, 0.29) is 5.82 Å². The van der Waals surface area contributed by atoms with Gasteiger partial charge in [0.1, 0.15) is 5.82 Å².